The van der Waals surface area contributed by atoms with Crippen molar-refractivity contribution in [3.05, 3.63) is 91.9 Å². The molecule has 13 heteroatoms. The van der Waals surface area contributed by atoms with Gasteiger partial charge in [-0.1, -0.05) is 93.5 Å². The van der Waals surface area contributed by atoms with Crippen molar-refractivity contribution in [2.75, 3.05) is 19.6 Å². The summed E-state index contributed by atoms with van der Waals surface area (Å²) in [6.45, 7) is 13.0. The summed E-state index contributed by atoms with van der Waals surface area (Å²) >= 11 is 19.2. The van der Waals surface area contributed by atoms with Gasteiger partial charge in [0.1, 0.15) is 0 Å². The molecule has 5 fully saturated rings. The molecule has 1 unspecified atom stereocenters. The highest BCUT2D eigenvalue weighted by Gasteiger charge is 2.69. The Morgan fingerprint density at radius 3 is 2.26 bits per heavy atom. The van der Waals surface area contributed by atoms with Gasteiger partial charge < -0.3 is 29.3 Å². The number of hydrogen-bond acceptors (Lipinski definition) is 9. The lowest BCUT2D eigenvalue weighted by Gasteiger charge is -2.59. The summed E-state index contributed by atoms with van der Waals surface area (Å²) in [4.78, 5) is 36.9. The number of aliphatic hydroxyl groups excluding tert-OH is 1. The molecule has 6 aliphatic rings. The monoisotopic (exact) mass is 911 g/mol. The minimum Gasteiger partial charge on any atom is -0.481 e. The van der Waals surface area contributed by atoms with Crippen molar-refractivity contribution in [3.8, 4) is 11.1 Å². The van der Waals surface area contributed by atoms with Gasteiger partial charge in [0.15, 0.2) is 11.9 Å². The number of aliphatic hydroxyl groups is 1. The fourth-order valence-corrected chi connectivity index (χ4v) is 10.7. The van der Waals surface area contributed by atoms with Crippen LogP contribution in [0.1, 0.15) is 127 Å². The van der Waals surface area contributed by atoms with E-state index in [1.165, 1.54) is 0 Å². The van der Waals surface area contributed by atoms with Crippen LogP contribution in [0, 0.1) is 23.7 Å². The highest BCUT2D eigenvalue weighted by atomic mass is 35.5. The van der Waals surface area contributed by atoms with Crippen molar-refractivity contribution < 1.29 is 43.8 Å². The van der Waals surface area contributed by atoms with E-state index in [1.54, 1.807) is 0 Å². The molecule has 3 aromatic rings. The minimum atomic E-state index is -1.03. The van der Waals surface area contributed by atoms with Crippen LogP contribution in [0.2, 0.25) is 15.1 Å². The number of ether oxygens (including phenoxy) is 3. The topological polar surface area (TPSA) is 124 Å². The SMILES string of the molecule is CCCCN(CCCC)CC(O)c1cc(Cl)cc2c1-c1ccc(Cl)cc1/C2=C/c1ccc(Cl)cc1.C[C@H]1[C@H](OC(=O)CCC(=O)O)O[C@@H]2O[C@@]3(C)CC[C@H]4[C@H](C)CC[C@@H]1[C@@]24OO3. The molecular formula is C49H60Cl3NO9. The van der Waals surface area contributed by atoms with Gasteiger partial charge in [-0.05, 0) is 145 Å². The van der Waals surface area contributed by atoms with Crippen LogP contribution in [0.3, 0.4) is 0 Å². The number of carbonyl (C=O) groups is 2. The number of aliphatic carboxylic acids is 1. The molecule has 4 aliphatic heterocycles. The first kappa shape index (κ1) is 46.9. The van der Waals surface area contributed by atoms with Crippen molar-refractivity contribution >= 4 is 58.4 Å². The van der Waals surface area contributed by atoms with Gasteiger partial charge in [0.05, 0.1) is 18.9 Å². The number of fused-ring (bicyclic) bond motifs is 5. The van der Waals surface area contributed by atoms with Crippen LogP contribution in [0.15, 0.2) is 54.6 Å². The summed E-state index contributed by atoms with van der Waals surface area (Å²) < 4.78 is 17.8. The van der Waals surface area contributed by atoms with Gasteiger partial charge in [-0.2, -0.15) is 0 Å². The van der Waals surface area contributed by atoms with Crippen LogP contribution in [0.4, 0.5) is 0 Å². The molecule has 0 amide bonds. The second kappa shape index (κ2) is 20.0. The molecule has 62 heavy (non-hydrogen) atoms. The maximum atomic E-state index is 12.1. The highest BCUT2D eigenvalue weighted by molar-refractivity contribution is 6.32. The lowest BCUT2D eigenvalue weighted by molar-refractivity contribution is -0.576. The number of rotatable bonds is 14. The molecule has 4 saturated heterocycles. The Hall–Kier alpha value is -3.03. The Bertz CT molecular complexity index is 2110. The lowest BCUT2D eigenvalue weighted by Crippen LogP contribution is -2.70. The van der Waals surface area contributed by atoms with Gasteiger partial charge in [0.25, 0.3) is 0 Å². The van der Waals surface area contributed by atoms with E-state index < -0.39 is 42.0 Å². The summed E-state index contributed by atoms with van der Waals surface area (Å²) in [5.74, 6) is -1.82. The summed E-state index contributed by atoms with van der Waals surface area (Å²) in [5, 5.41) is 22.3. The van der Waals surface area contributed by atoms with Crippen molar-refractivity contribution in [2.24, 2.45) is 23.7 Å². The van der Waals surface area contributed by atoms with Gasteiger partial charge in [0, 0.05) is 39.9 Å². The highest BCUT2D eigenvalue weighted by Crippen LogP contribution is 2.60. The van der Waals surface area contributed by atoms with Crippen molar-refractivity contribution in [1.82, 2.24) is 4.90 Å². The number of carbonyl (C=O) groups excluding carboxylic acids is 1. The summed E-state index contributed by atoms with van der Waals surface area (Å²) in [6, 6.07) is 17.6. The molecule has 0 radical (unpaired) electrons. The predicted molar refractivity (Wildman–Crippen MR) is 241 cm³/mol. The van der Waals surface area contributed by atoms with Crippen LogP contribution in [-0.2, 0) is 33.6 Å². The van der Waals surface area contributed by atoms with Crippen molar-refractivity contribution in [1.29, 1.82) is 0 Å². The second-order valence-corrected chi connectivity index (χ2v) is 19.2. The molecular weight excluding hydrogens is 853 g/mol. The molecule has 10 nitrogen and oxygen atoms in total. The molecule has 1 saturated carbocycles. The van der Waals surface area contributed by atoms with Crippen LogP contribution in [-0.4, -0.2) is 70.7 Å². The lowest BCUT2D eigenvalue weighted by atomic mass is 9.58. The van der Waals surface area contributed by atoms with Gasteiger partial charge in [-0.15, -0.1) is 0 Å². The number of nitrogens with zero attached hydrogens (tertiary/aromatic N) is 1. The van der Waals surface area contributed by atoms with E-state index in [2.05, 4.69) is 37.8 Å². The molecule has 2 N–H and O–H groups in total. The Balaban J connectivity index is 0.000000192. The van der Waals surface area contributed by atoms with Gasteiger partial charge in [-0.25, -0.2) is 9.78 Å². The van der Waals surface area contributed by atoms with E-state index in [9.17, 15) is 14.7 Å². The zero-order chi connectivity index (χ0) is 44.3. The van der Waals surface area contributed by atoms with E-state index in [0.29, 0.717) is 34.0 Å². The normalized spacial score (nSPS) is 29.2. The number of carboxylic acid groups (broad SMARTS) is 1. The standard InChI is InChI=1S/C30H32Cl3NO.C19H28O8/c1-3-5-13-34(14-6-4-2)19-29(35)28-18-23(33)17-27-25(15-20-7-9-21(31)10-8-20)26-16-22(32)11-12-24(26)30(27)28;1-10-4-5-13-11(2)16(23-15(22)7-6-14(20)21)24-17-19(13)12(10)8-9-18(3,25-17)26-27-19/h7-12,15-18,29,35H,3-6,13-14,19H2,1-2H3;10-13,16-17H,4-9H2,1-3H3,(H,20,21)/b25-15-;/t;10-,11-,12+,13+,16-,17-,18-,19-/m.1/s1. The van der Waals surface area contributed by atoms with E-state index in [4.69, 9.17) is 63.9 Å². The van der Waals surface area contributed by atoms with E-state index in [-0.39, 0.29) is 30.6 Å². The first-order valence-corrected chi connectivity index (χ1v) is 23.4. The average Bonchev–Trinajstić information content (AvgIpc) is 3.34. The Labute approximate surface area is 380 Å². The van der Waals surface area contributed by atoms with Crippen LogP contribution < -0.4 is 0 Å². The first-order valence-electron chi connectivity index (χ1n) is 22.3. The summed E-state index contributed by atoms with van der Waals surface area (Å²) in [7, 11) is 0. The molecule has 1 spiro atoms. The largest absolute Gasteiger partial charge is 0.481 e. The fraction of sp³-hybridized carbons (Fsp3) is 0.551. The first-order chi connectivity index (χ1) is 29.7. The molecule has 336 valence electrons. The third kappa shape index (κ3) is 9.94. The number of carboxylic acids is 1. The van der Waals surface area contributed by atoms with Crippen molar-refractivity contribution in [3.63, 3.8) is 0 Å². The number of esters is 1. The summed E-state index contributed by atoms with van der Waals surface area (Å²) in [6.07, 6.45) is 7.74. The summed E-state index contributed by atoms with van der Waals surface area (Å²) in [5.41, 5.74) is 6.44. The molecule has 4 heterocycles. The Morgan fingerprint density at radius 2 is 1.56 bits per heavy atom. The van der Waals surface area contributed by atoms with E-state index in [0.717, 1.165) is 97.0 Å². The Kier molecular flexibility index (Phi) is 15.2. The number of halogens is 3. The second-order valence-electron chi connectivity index (χ2n) is 17.9. The van der Waals surface area contributed by atoms with Gasteiger partial charge in [-0.3, -0.25) is 9.59 Å². The molecule has 2 bridgehead atoms. The van der Waals surface area contributed by atoms with Crippen LogP contribution in [0.5, 0.6) is 0 Å². The van der Waals surface area contributed by atoms with E-state index >= 15 is 0 Å². The molecule has 9 rings (SSSR count). The fourth-order valence-electron chi connectivity index (χ4n) is 10.2. The zero-order valence-corrected chi connectivity index (χ0v) is 38.6. The maximum absolute atomic E-state index is 12.1. The molecule has 2 aliphatic carbocycles. The molecule has 3 aromatic carbocycles. The quantitative estimate of drug-likeness (QED) is 0.0933. The van der Waals surface area contributed by atoms with Crippen LogP contribution in [0.25, 0.3) is 22.8 Å². The zero-order valence-electron chi connectivity index (χ0n) is 36.3. The Morgan fingerprint density at radius 1 is 0.871 bits per heavy atom. The predicted octanol–water partition coefficient (Wildman–Crippen LogP) is 11.8. The third-order valence-corrected chi connectivity index (χ3v) is 14.2. The number of benzene rings is 3. The van der Waals surface area contributed by atoms with E-state index in [1.807, 2.05) is 62.4 Å². The maximum Gasteiger partial charge on any atom is 0.308 e. The average molecular weight is 913 g/mol. The van der Waals surface area contributed by atoms with Crippen molar-refractivity contribution in [2.45, 2.75) is 129 Å². The smallest absolute Gasteiger partial charge is 0.308 e. The number of hydrogen-bond donors (Lipinski definition) is 2. The van der Waals surface area contributed by atoms with Gasteiger partial charge in [0.2, 0.25) is 12.1 Å². The minimum absolute atomic E-state index is 0.0670. The molecule has 9 atom stereocenters. The molecule has 0 aromatic heterocycles. The van der Waals surface area contributed by atoms with Crippen LogP contribution >= 0.6 is 34.8 Å². The van der Waals surface area contributed by atoms with Gasteiger partial charge >= 0.3 is 11.9 Å². The number of unbranched alkanes of at least 4 members (excludes halogenated alkanes) is 2. The third-order valence-electron chi connectivity index (χ3n) is 13.5.